The molecule has 0 aromatic rings. The quantitative estimate of drug-likeness (QED) is 0.623. The number of ether oxygens (including phenoxy) is 1. The summed E-state index contributed by atoms with van der Waals surface area (Å²) in [5.41, 5.74) is 0. The largest absolute Gasteiger partial charge is 0.480 e. The fourth-order valence-electron chi connectivity index (χ4n) is 1.66. The van der Waals surface area contributed by atoms with E-state index in [2.05, 4.69) is 5.32 Å². The van der Waals surface area contributed by atoms with Gasteiger partial charge in [0.1, 0.15) is 13.2 Å². The Labute approximate surface area is 111 Å². The molecule has 2 N–H and O–H groups in total. The Bertz CT molecular complexity index is 347. The minimum atomic E-state index is -1.05. The molecule has 3 amide bonds. The molecule has 0 aromatic carbocycles. The van der Waals surface area contributed by atoms with E-state index in [0.29, 0.717) is 13.1 Å². The normalized spacial score (nSPS) is 16.2. The van der Waals surface area contributed by atoms with Crippen LogP contribution in [0.2, 0.25) is 0 Å². The summed E-state index contributed by atoms with van der Waals surface area (Å²) in [6.07, 6.45) is 0.741. The Morgan fingerprint density at radius 1 is 1.42 bits per heavy atom. The van der Waals surface area contributed by atoms with E-state index in [1.807, 2.05) is 0 Å². The molecule has 8 heteroatoms. The molecule has 0 unspecified atom stereocenters. The van der Waals surface area contributed by atoms with Crippen LogP contribution in [0.4, 0.5) is 4.79 Å². The second-order valence-electron chi connectivity index (χ2n) is 4.27. The summed E-state index contributed by atoms with van der Waals surface area (Å²) >= 11 is 0. The predicted octanol–water partition coefficient (Wildman–Crippen LogP) is -1.04. The van der Waals surface area contributed by atoms with Gasteiger partial charge in [0.2, 0.25) is 5.91 Å². The number of carbonyl (C=O) groups is 3. The van der Waals surface area contributed by atoms with Crippen LogP contribution >= 0.6 is 0 Å². The zero-order chi connectivity index (χ0) is 14.3. The summed E-state index contributed by atoms with van der Waals surface area (Å²) in [7, 11) is 1.71. The van der Waals surface area contributed by atoms with Gasteiger partial charge in [-0.1, -0.05) is 0 Å². The number of amides is 3. The predicted molar refractivity (Wildman–Crippen MR) is 65.7 cm³/mol. The summed E-state index contributed by atoms with van der Waals surface area (Å²) in [4.78, 5) is 36.6. The van der Waals surface area contributed by atoms with Crippen molar-refractivity contribution < 1.29 is 24.2 Å². The zero-order valence-electron chi connectivity index (χ0n) is 10.9. The molecule has 0 saturated carbocycles. The Hall–Kier alpha value is -1.83. The van der Waals surface area contributed by atoms with Crippen LogP contribution in [0.15, 0.2) is 0 Å². The van der Waals surface area contributed by atoms with Crippen LogP contribution in [-0.4, -0.2) is 79.3 Å². The minimum absolute atomic E-state index is 0.0678. The third-order valence-electron chi connectivity index (χ3n) is 2.71. The van der Waals surface area contributed by atoms with Crippen LogP contribution in [0.25, 0.3) is 0 Å². The molecule has 1 heterocycles. The highest BCUT2D eigenvalue weighted by Crippen LogP contribution is 2.02. The first-order chi connectivity index (χ1) is 9.00. The molecule has 0 aromatic heterocycles. The number of carboxylic acids is 1. The molecule has 8 nitrogen and oxygen atoms in total. The Morgan fingerprint density at radius 2 is 2.16 bits per heavy atom. The van der Waals surface area contributed by atoms with Crippen LogP contribution < -0.4 is 5.32 Å². The number of rotatable bonds is 5. The summed E-state index contributed by atoms with van der Waals surface area (Å²) in [5.74, 6) is -1.14. The molecule has 0 spiro atoms. The van der Waals surface area contributed by atoms with Crippen molar-refractivity contribution in [2.24, 2.45) is 0 Å². The average molecular weight is 273 g/mol. The summed E-state index contributed by atoms with van der Waals surface area (Å²) in [6, 6.07) is -0.331. The van der Waals surface area contributed by atoms with E-state index in [9.17, 15) is 14.4 Å². The van der Waals surface area contributed by atoms with E-state index < -0.39 is 5.97 Å². The number of carboxylic acid groups (broad SMARTS) is 1. The SMILES string of the molecule is CN1CCCN(C(=O)NCCOCC(=O)O)CC1=O. The maximum atomic E-state index is 11.8. The second kappa shape index (κ2) is 7.57. The lowest BCUT2D eigenvalue weighted by Crippen LogP contribution is -2.44. The van der Waals surface area contributed by atoms with Crippen molar-refractivity contribution in [2.75, 3.05) is 46.4 Å². The first-order valence-corrected chi connectivity index (χ1v) is 6.07. The molecular weight excluding hydrogens is 254 g/mol. The number of nitrogens with zero attached hydrogens (tertiary/aromatic N) is 2. The summed E-state index contributed by atoms with van der Waals surface area (Å²) < 4.78 is 4.79. The molecule has 1 aliphatic rings. The number of urea groups is 1. The van der Waals surface area contributed by atoms with E-state index in [-0.39, 0.29) is 38.2 Å². The third kappa shape index (κ3) is 5.56. The van der Waals surface area contributed by atoms with Gasteiger partial charge >= 0.3 is 12.0 Å². The zero-order valence-corrected chi connectivity index (χ0v) is 10.9. The van der Waals surface area contributed by atoms with Crippen molar-refractivity contribution in [3.63, 3.8) is 0 Å². The highest BCUT2D eigenvalue weighted by Gasteiger charge is 2.22. The van der Waals surface area contributed by atoms with Crippen LogP contribution in [0.3, 0.4) is 0 Å². The highest BCUT2D eigenvalue weighted by atomic mass is 16.5. The molecule has 1 aliphatic heterocycles. The molecule has 19 heavy (non-hydrogen) atoms. The van der Waals surface area contributed by atoms with E-state index in [1.165, 1.54) is 4.90 Å². The van der Waals surface area contributed by atoms with Crippen LogP contribution in [0, 0.1) is 0 Å². The van der Waals surface area contributed by atoms with Gasteiger partial charge in [-0.3, -0.25) is 4.79 Å². The maximum absolute atomic E-state index is 11.8. The van der Waals surface area contributed by atoms with Gasteiger partial charge in [0.25, 0.3) is 0 Å². The number of hydrogen-bond donors (Lipinski definition) is 2. The van der Waals surface area contributed by atoms with Crippen molar-refractivity contribution in [1.82, 2.24) is 15.1 Å². The summed E-state index contributed by atoms with van der Waals surface area (Å²) in [6.45, 7) is 1.19. The maximum Gasteiger partial charge on any atom is 0.329 e. The fraction of sp³-hybridized carbons (Fsp3) is 0.727. The molecule has 0 atom stereocenters. The fourth-order valence-corrected chi connectivity index (χ4v) is 1.66. The van der Waals surface area contributed by atoms with Crippen molar-refractivity contribution in [1.29, 1.82) is 0 Å². The monoisotopic (exact) mass is 273 g/mol. The lowest BCUT2D eigenvalue weighted by Gasteiger charge is -2.20. The van der Waals surface area contributed by atoms with Crippen molar-refractivity contribution >= 4 is 17.9 Å². The molecule has 108 valence electrons. The Kier molecular flexibility index (Phi) is 6.07. The van der Waals surface area contributed by atoms with Crippen LogP contribution in [-0.2, 0) is 14.3 Å². The average Bonchev–Trinajstić information content (AvgIpc) is 2.51. The van der Waals surface area contributed by atoms with Gasteiger partial charge in [0, 0.05) is 26.7 Å². The molecule has 0 aliphatic carbocycles. The smallest absolute Gasteiger partial charge is 0.329 e. The Balaban J connectivity index is 2.25. The molecule has 1 saturated heterocycles. The topological polar surface area (TPSA) is 99.2 Å². The lowest BCUT2D eigenvalue weighted by molar-refractivity contribution is -0.142. The third-order valence-corrected chi connectivity index (χ3v) is 2.71. The number of likely N-dealkylation sites (N-methyl/N-ethyl adjacent to an activating group) is 1. The van der Waals surface area contributed by atoms with Crippen molar-refractivity contribution in [2.45, 2.75) is 6.42 Å². The minimum Gasteiger partial charge on any atom is -0.480 e. The lowest BCUT2D eigenvalue weighted by atomic mass is 10.4. The van der Waals surface area contributed by atoms with E-state index in [1.54, 1.807) is 11.9 Å². The van der Waals surface area contributed by atoms with Gasteiger partial charge in [-0.15, -0.1) is 0 Å². The molecule has 1 rings (SSSR count). The number of nitrogens with one attached hydrogen (secondary N) is 1. The first-order valence-electron chi connectivity index (χ1n) is 6.07. The van der Waals surface area contributed by atoms with Gasteiger partial charge in [0.15, 0.2) is 0 Å². The molecular formula is C11H19N3O5. The van der Waals surface area contributed by atoms with E-state index in [4.69, 9.17) is 9.84 Å². The van der Waals surface area contributed by atoms with Gasteiger partial charge in [-0.25, -0.2) is 9.59 Å². The summed E-state index contributed by atoms with van der Waals surface area (Å²) in [5, 5.41) is 10.9. The number of hydrogen-bond acceptors (Lipinski definition) is 4. The van der Waals surface area contributed by atoms with Gasteiger partial charge in [0.05, 0.1) is 6.61 Å². The number of aliphatic carboxylic acids is 1. The van der Waals surface area contributed by atoms with Gasteiger partial charge in [-0.2, -0.15) is 0 Å². The number of carbonyl (C=O) groups excluding carboxylic acids is 2. The van der Waals surface area contributed by atoms with Crippen LogP contribution in [0.5, 0.6) is 0 Å². The second-order valence-corrected chi connectivity index (χ2v) is 4.27. The first kappa shape index (κ1) is 15.2. The van der Waals surface area contributed by atoms with Crippen molar-refractivity contribution in [3.05, 3.63) is 0 Å². The molecule has 0 bridgehead atoms. The highest BCUT2D eigenvalue weighted by molar-refractivity contribution is 5.84. The van der Waals surface area contributed by atoms with E-state index >= 15 is 0 Å². The molecule has 0 radical (unpaired) electrons. The van der Waals surface area contributed by atoms with Gasteiger partial charge in [-0.05, 0) is 6.42 Å². The Morgan fingerprint density at radius 3 is 2.84 bits per heavy atom. The molecule has 1 fully saturated rings. The van der Waals surface area contributed by atoms with Crippen LogP contribution in [0.1, 0.15) is 6.42 Å². The van der Waals surface area contributed by atoms with Crippen molar-refractivity contribution in [3.8, 4) is 0 Å². The van der Waals surface area contributed by atoms with E-state index in [0.717, 1.165) is 6.42 Å². The van der Waals surface area contributed by atoms with Gasteiger partial charge < -0.3 is 25.0 Å². The standard InChI is InChI=1S/C11H19N3O5/c1-13-4-2-5-14(7-9(13)15)11(18)12-3-6-19-8-10(16)17/h2-8H2,1H3,(H,12,18)(H,16,17).